The van der Waals surface area contributed by atoms with E-state index in [1.165, 1.54) is 22.1 Å². The van der Waals surface area contributed by atoms with E-state index in [0.29, 0.717) is 5.92 Å². The fraction of sp³-hybridized carbons (Fsp3) is 0.357. The maximum atomic E-state index is 4.43. The molecule has 1 nitrogen and oxygen atoms in total. The van der Waals surface area contributed by atoms with Gasteiger partial charge in [0.25, 0.3) is 0 Å². The summed E-state index contributed by atoms with van der Waals surface area (Å²) in [4.78, 5) is 4.43. The first kappa shape index (κ1) is 10.2. The van der Waals surface area contributed by atoms with Crippen molar-refractivity contribution in [1.82, 2.24) is 4.98 Å². The van der Waals surface area contributed by atoms with Gasteiger partial charge in [-0.3, -0.25) is 4.98 Å². The predicted octanol–water partition coefficient (Wildman–Crippen LogP) is 3.98. The molecule has 0 aliphatic rings. The highest BCUT2D eigenvalue weighted by atomic mass is 14.6. The number of hydrogen-bond acceptors (Lipinski definition) is 1. The predicted molar refractivity (Wildman–Crippen MR) is 65.3 cm³/mol. The van der Waals surface area contributed by atoms with Gasteiger partial charge in [0.05, 0.1) is 5.52 Å². The van der Waals surface area contributed by atoms with Gasteiger partial charge in [-0.25, -0.2) is 0 Å². The standard InChI is InChI=1S/C14H17N/c1-9(2)12-5-6-15-14-8-11(4)10(3)7-13(12)14/h5-9H,1-4H3. The van der Waals surface area contributed by atoms with Gasteiger partial charge in [-0.15, -0.1) is 0 Å². The van der Waals surface area contributed by atoms with E-state index in [2.05, 4.69) is 50.9 Å². The fourth-order valence-corrected chi connectivity index (χ4v) is 1.93. The normalized spacial score (nSPS) is 11.3. The topological polar surface area (TPSA) is 12.9 Å². The lowest BCUT2D eigenvalue weighted by Gasteiger charge is -2.11. The van der Waals surface area contributed by atoms with Crippen LogP contribution in [0.15, 0.2) is 24.4 Å². The maximum absolute atomic E-state index is 4.43. The summed E-state index contributed by atoms with van der Waals surface area (Å²) in [5, 5.41) is 1.30. The molecule has 1 aromatic carbocycles. The highest BCUT2D eigenvalue weighted by Crippen LogP contribution is 2.26. The van der Waals surface area contributed by atoms with Gasteiger partial charge in [0.15, 0.2) is 0 Å². The Hall–Kier alpha value is -1.37. The lowest BCUT2D eigenvalue weighted by atomic mass is 9.96. The molecule has 1 heteroatoms. The van der Waals surface area contributed by atoms with Crippen LogP contribution in [0.4, 0.5) is 0 Å². The highest BCUT2D eigenvalue weighted by molar-refractivity contribution is 5.84. The third-order valence-corrected chi connectivity index (χ3v) is 3.01. The number of benzene rings is 1. The summed E-state index contributed by atoms with van der Waals surface area (Å²) >= 11 is 0. The molecule has 0 amide bonds. The summed E-state index contributed by atoms with van der Waals surface area (Å²) in [6.07, 6.45) is 1.91. The molecule has 0 aliphatic heterocycles. The fourth-order valence-electron chi connectivity index (χ4n) is 1.93. The summed E-state index contributed by atoms with van der Waals surface area (Å²) < 4.78 is 0. The third kappa shape index (κ3) is 1.74. The number of hydrogen-bond donors (Lipinski definition) is 0. The Bertz CT molecular complexity index is 498. The minimum atomic E-state index is 0.553. The average Bonchev–Trinajstić information content (AvgIpc) is 2.18. The van der Waals surface area contributed by atoms with Crippen LogP contribution in [0.1, 0.15) is 36.5 Å². The molecule has 2 rings (SSSR count). The van der Waals surface area contributed by atoms with Crippen LogP contribution in [0.2, 0.25) is 0 Å². The highest BCUT2D eigenvalue weighted by Gasteiger charge is 2.06. The first-order valence-electron chi connectivity index (χ1n) is 5.45. The quantitative estimate of drug-likeness (QED) is 0.677. The molecule has 0 fully saturated rings. The van der Waals surface area contributed by atoms with Crippen molar-refractivity contribution in [3.8, 4) is 0 Å². The van der Waals surface area contributed by atoms with Crippen LogP contribution in [0.3, 0.4) is 0 Å². The van der Waals surface area contributed by atoms with Gasteiger partial charge in [0.1, 0.15) is 0 Å². The van der Waals surface area contributed by atoms with Crippen molar-refractivity contribution in [2.45, 2.75) is 33.6 Å². The van der Waals surface area contributed by atoms with Crippen molar-refractivity contribution in [1.29, 1.82) is 0 Å². The average molecular weight is 199 g/mol. The van der Waals surface area contributed by atoms with E-state index in [9.17, 15) is 0 Å². The zero-order valence-corrected chi connectivity index (χ0v) is 9.83. The number of fused-ring (bicyclic) bond motifs is 1. The van der Waals surface area contributed by atoms with E-state index >= 15 is 0 Å². The van der Waals surface area contributed by atoms with Crippen LogP contribution >= 0.6 is 0 Å². The molecule has 0 unspecified atom stereocenters. The summed E-state index contributed by atoms with van der Waals surface area (Å²) in [6, 6.07) is 6.56. The molecule has 0 N–H and O–H groups in total. The molecule has 15 heavy (non-hydrogen) atoms. The van der Waals surface area contributed by atoms with Crippen LogP contribution in [-0.4, -0.2) is 4.98 Å². The molecule has 0 saturated heterocycles. The van der Waals surface area contributed by atoms with Crippen molar-refractivity contribution in [3.63, 3.8) is 0 Å². The minimum Gasteiger partial charge on any atom is -0.256 e. The molecule has 0 aliphatic carbocycles. The number of aryl methyl sites for hydroxylation is 2. The van der Waals surface area contributed by atoms with Crippen molar-refractivity contribution < 1.29 is 0 Å². The Morgan fingerprint density at radius 3 is 2.40 bits per heavy atom. The molecule has 0 radical (unpaired) electrons. The van der Waals surface area contributed by atoms with Gasteiger partial charge < -0.3 is 0 Å². The Balaban J connectivity index is 2.80. The van der Waals surface area contributed by atoms with Crippen molar-refractivity contribution in [2.24, 2.45) is 0 Å². The van der Waals surface area contributed by atoms with E-state index in [-0.39, 0.29) is 0 Å². The number of pyridine rings is 1. The molecular formula is C14H17N. The summed E-state index contributed by atoms with van der Waals surface area (Å²) in [5.41, 5.74) is 5.17. The first-order valence-corrected chi connectivity index (χ1v) is 5.45. The Morgan fingerprint density at radius 2 is 1.73 bits per heavy atom. The Labute approximate surface area is 91.2 Å². The van der Waals surface area contributed by atoms with E-state index in [1.807, 2.05) is 6.20 Å². The second-order valence-electron chi connectivity index (χ2n) is 4.51. The third-order valence-electron chi connectivity index (χ3n) is 3.01. The molecule has 2 aromatic rings. The molecule has 0 saturated carbocycles. The number of rotatable bonds is 1. The number of nitrogens with zero attached hydrogens (tertiary/aromatic N) is 1. The monoisotopic (exact) mass is 199 g/mol. The maximum Gasteiger partial charge on any atom is 0.0707 e. The number of aromatic nitrogens is 1. The molecule has 1 aromatic heterocycles. The first-order chi connectivity index (χ1) is 7.09. The van der Waals surface area contributed by atoms with E-state index in [4.69, 9.17) is 0 Å². The molecular weight excluding hydrogens is 182 g/mol. The second-order valence-corrected chi connectivity index (χ2v) is 4.51. The van der Waals surface area contributed by atoms with Crippen LogP contribution in [-0.2, 0) is 0 Å². The van der Waals surface area contributed by atoms with Crippen LogP contribution in [0.25, 0.3) is 10.9 Å². The van der Waals surface area contributed by atoms with Crippen LogP contribution in [0.5, 0.6) is 0 Å². The van der Waals surface area contributed by atoms with Crippen molar-refractivity contribution in [2.75, 3.05) is 0 Å². The summed E-state index contributed by atoms with van der Waals surface area (Å²) in [5.74, 6) is 0.553. The van der Waals surface area contributed by atoms with Gasteiger partial charge in [0, 0.05) is 11.6 Å². The zero-order valence-electron chi connectivity index (χ0n) is 9.83. The molecule has 0 bridgehead atoms. The molecule has 78 valence electrons. The summed E-state index contributed by atoms with van der Waals surface area (Å²) in [6.45, 7) is 8.75. The smallest absolute Gasteiger partial charge is 0.0707 e. The van der Waals surface area contributed by atoms with E-state index in [0.717, 1.165) is 5.52 Å². The second kappa shape index (κ2) is 3.65. The lowest BCUT2D eigenvalue weighted by Crippen LogP contribution is -1.93. The Kier molecular flexibility index (Phi) is 2.47. The van der Waals surface area contributed by atoms with E-state index < -0.39 is 0 Å². The lowest BCUT2D eigenvalue weighted by molar-refractivity contribution is 0.874. The van der Waals surface area contributed by atoms with Gasteiger partial charge in [0.2, 0.25) is 0 Å². The van der Waals surface area contributed by atoms with Gasteiger partial charge in [-0.1, -0.05) is 13.8 Å². The van der Waals surface area contributed by atoms with Gasteiger partial charge in [-0.2, -0.15) is 0 Å². The van der Waals surface area contributed by atoms with Crippen LogP contribution < -0.4 is 0 Å². The largest absolute Gasteiger partial charge is 0.256 e. The van der Waals surface area contributed by atoms with Gasteiger partial charge >= 0.3 is 0 Å². The molecule has 0 atom stereocenters. The zero-order chi connectivity index (χ0) is 11.0. The van der Waals surface area contributed by atoms with Crippen molar-refractivity contribution >= 4 is 10.9 Å². The minimum absolute atomic E-state index is 0.553. The van der Waals surface area contributed by atoms with Crippen LogP contribution in [0, 0.1) is 13.8 Å². The molecule has 0 spiro atoms. The summed E-state index contributed by atoms with van der Waals surface area (Å²) in [7, 11) is 0. The van der Waals surface area contributed by atoms with Crippen molar-refractivity contribution in [3.05, 3.63) is 41.1 Å². The van der Waals surface area contributed by atoms with Gasteiger partial charge in [-0.05, 0) is 54.7 Å². The van der Waals surface area contributed by atoms with E-state index in [1.54, 1.807) is 0 Å². The SMILES string of the molecule is Cc1cc2nccc(C(C)C)c2cc1C. The molecule has 1 heterocycles. The Morgan fingerprint density at radius 1 is 1.07 bits per heavy atom.